The lowest BCUT2D eigenvalue weighted by atomic mass is 9.87. The Morgan fingerprint density at radius 3 is 2.53 bits per heavy atom. The van der Waals surface area contributed by atoms with Gasteiger partial charge in [-0.15, -0.1) is 0 Å². The van der Waals surface area contributed by atoms with E-state index in [1.54, 1.807) is 6.21 Å². The summed E-state index contributed by atoms with van der Waals surface area (Å²) < 4.78 is 16.7. The largest absolute Gasteiger partial charge is 0.454 e. The first-order chi connectivity index (χ1) is 15.5. The second kappa shape index (κ2) is 8.00. The molecule has 3 aromatic carbocycles. The van der Waals surface area contributed by atoms with Crippen LogP contribution in [0.5, 0.6) is 11.5 Å². The highest BCUT2D eigenvalue weighted by atomic mass is 16.7. The van der Waals surface area contributed by atoms with E-state index in [1.165, 1.54) is 5.56 Å². The maximum Gasteiger partial charge on any atom is 0.231 e. The van der Waals surface area contributed by atoms with Gasteiger partial charge in [-0.2, -0.15) is 0 Å². The second-order valence-corrected chi connectivity index (χ2v) is 8.75. The highest BCUT2D eigenvalue weighted by Gasteiger charge is 2.15. The molecule has 0 amide bonds. The van der Waals surface area contributed by atoms with Crippen molar-refractivity contribution in [3.8, 4) is 23.0 Å². The molecule has 160 valence electrons. The smallest absolute Gasteiger partial charge is 0.231 e. The molecule has 2 heterocycles. The first-order valence-corrected chi connectivity index (χ1v) is 10.6. The molecule has 5 rings (SSSR count). The fraction of sp³-hybridized carbons (Fsp3) is 0.185. The van der Waals surface area contributed by atoms with Crippen LogP contribution in [0.15, 0.2) is 76.1 Å². The van der Waals surface area contributed by atoms with Crippen LogP contribution in [0.1, 0.15) is 31.9 Å². The van der Waals surface area contributed by atoms with Gasteiger partial charge in [0.1, 0.15) is 5.52 Å². The van der Waals surface area contributed by atoms with E-state index in [9.17, 15) is 0 Å². The maximum atomic E-state index is 5.96. The molecule has 4 aromatic rings. The van der Waals surface area contributed by atoms with Crippen LogP contribution in [-0.4, -0.2) is 18.0 Å². The lowest BCUT2D eigenvalue weighted by Gasteiger charge is -2.18. The van der Waals surface area contributed by atoms with Crippen LogP contribution in [0.3, 0.4) is 0 Å². The summed E-state index contributed by atoms with van der Waals surface area (Å²) in [6.45, 7) is 6.88. The summed E-state index contributed by atoms with van der Waals surface area (Å²) in [4.78, 5) is 9.18. The number of rotatable bonds is 4. The van der Waals surface area contributed by atoms with Gasteiger partial charge in [0.15, 0.2) is 17.1 Å². The highest BCUT2D eigenvalue weighted by molar-refractivity contribution is 5.84. The van der Waals surface area contributed by atoms with Gasteiger partial charge < -0.3 is 13.9 Å². The number of hydrogen-bond acceptors (Lipinski definition) is 5. The van der Waals surface area contributed by atoms with Crippen LogP contribution < -0.4 is 9.47 Å². The number of aliphatic imine (C=N–C) groups is 1. The zero-order valence-electron chi connectivity index (χ0n) is 18.3. The Labute approximate surface area is 187 Å². The predicted octanol–water partition coefficient (Wildman–Crippen LogP) is 6.94. The Bertz CT molecular complexity index is 1330. The Morgan fingerprint density at radius 2 is 1.72 bits per heavy atom. The molecular formula is C27H24N2O3. The molecule has 32 heavy (non-hydrogen) atoms. The normalized spacial score (nSPS) is 13.6. The molecule has 1 aromatic heterocycles. The van der Waals surface area contributed by atoms with E-state index >= 15 is 0 Å². The number of ether oxygens (including phenoxy) is 2. The molecule has 0 atom stereocenters. The summed E-state index contributed by atoms with van der Waals surface area (Å²) in [6, 6.07) is 20.0. The number of hydrogen-bond donors (Lipinski definition) is 0. The Balaban J connectivity index is 1.31. The van der Waals surface area contributed by atoms with Crippen LogP contribution >= 0.6 is 0 Å². The number of aromatic nitrogens is 1. The number of oxazole rings is 1. The van der Waals surface area contributed by atoms with Gasteiger partial charge in [-0.1, -0.05) is 45.0 Å². The average Bonchev–Trinajstić information content (AvgIpc) is 3.42. The lowest BCUT2D eigenvalue weighted by molar-refractivity contribution is 0.174. The van der Waals surface area contributed by atoms with Gasteiger partial charge in [0.25, 0.3) is 0 Å². The minimum atomic E-state index is 0.115. The molecule has 0 N–H and O–H groups in total. The van der Waals surface area contributed by atoms with E-state index in [-0.39, 0.29) is 12.2 Å². The van der Waals surface area contributed by atoms with Crippen LogP contribution in [-0.2, 0) is 5.41 Å². The van der Waals surface area contributed by atoms with Gasteiger partial charge in [-0.05, 0) is 65.1 Å². The van der Waals surface area contributed by atoms with E-state index in [4.69, 9.17) is 13.9 Å². The molecule has 0 aliphatic carbocycles. The van der Waals surface area contributed by atoms with Crippen molar-refractivity contribution in [3.63, 3.8) is 0 Å². The Kier molecular flexibility index (Phi) is 5.02. The summed E-state index contributed by atoms with van der Waals surface area (Å²) >= 11 is 0. The summed E-state index contributed by atoms with van der Waals surface area (Å²) in [5.41, 5.74) is 5.73. The van der Waals surface area contributed by atoms with Gasteiger partial charge in [0.2, 0.25) is 12.7 Å². The van der Waals surface area contributed by atoms with E-state index in [2.05, 4.69) is 55.0 Å². The molecule has 0 saturated carbocycles. The molecule has 0 bridgehead atoms. The van der Waals surface area contributed by atoms with Crippen molar-refractivity contribution in [2.75, 3.05) is 6.79 Å². The predicted molar refractivity (Wildman–Crippen MR) is 128 cm³/mol. The molecule has 5 nitrogen and oxygen atoms in total. The summed E-state index contributed by atoms with van der Waals surface area (Å²) in [5, 5.41) is 0. The van der Waals surface area contributed by atoms with E-state index in [0.29, 0.717) is 5.89 Å². The molecule has 0 radical (unpaired) electrons. The number of nitrogens with zero attached hydrogens (tertiary/aromatic N) is 2. The van der Waals surface area contributed by atoms with Crippen molar-refractivity contribution in [1.29, 1.82) is 0 Å². The third-order valence-corrected chi connectivity index (χ3v) is 5.36. The van der Waals surface area contributed by atoms with E-state index < -0.39 is 0 Å². The minimum Gasteiger partial charge on any atom is -0.454 e. The third-order valence-electron chi connectivity index (χ3n) is 5.36. The average molecular weight is 425 g/mol. The Hall–Kier alpha value is -3.86. The number of fused-ring (bicyclic) bond motifs is 2. The van der Waals surface area contributed by atoms with E-state index in [1.807, 2.05) is 48.6 Å². The molecule has 0 fully saturated rings. The monoisotopic (exact) mass is 424 g/mol. The minimum absolute atomic E-state index is 0.115. The SMILES string of the molecule is CC(C)(C)c1ccc(-c2nc3cc(N=C/C=C\c4ccc5c(c4)OCO5)ccc3o2)cc1. The number of benzene rings is 3. The molecular weight excluding hydrogens is 400 g/mol. The quantitative estimate of drug-likeness (QED) is 0.333. The third kappa shape index (κ3) is 4.14. The van der Waals surface area contributed by atoms with Crippen molar-refractivity contribution in [2.45, 2.75) is 26.2 Å². The lowest BCUT2D eigenvalue weighted by Crippen LogP contribution is -2.10. The summed E-state index contributed by atoms with van der Waals surface area (Å²) in [6.07, 6.45) is 5.63. The van der Waals surface area contributed by atoms with Gasteiger partial charge >= 0.3 is 0 Å². The zero-order chi connectivity index (χ0) is 22.1. The van der Waals surface area contributed by atoms with Crippen LogP contribution in [0.4, 0.5) is 5.69 Å². The first kappa shape index (κ1) is 20.1. The van der Waals surface area contributed by atoms with Crippen molar-refractivity contribution in [1.82, 2.24) is 4.98 Å². The second-order valence-electron chi connectivity index (χ2n) is 8.75. The van der Waals surface area contributed by atoms with Gasteiger partial charge in [-0.25, -0.2) is 4.98 Å². The molecule has 5 heteroatoms. The number of allylic oxidation sites excluding steroid dienone is 1. The van der Waals surface area contributed by atoms with Crippen LogP contribution in [0.25, 0.3) is 28.6 Å². The highest BCUT2D eigenvalue weighted by Crippen LogP contribution is 2.33. The standard InChI is InChI=1S/C27H24N2O3/c1-27(2,3)20-9-7-19(8-10-20)26-29-22-16-21(11-13-23(22)32-26)28-14-4-5-18-6-12-24-25(15-18)31-17-30-24/h4-16H,17H2,1-3H3/b5-4-,28-14?. The van der Waals surface area contributed by atoms with Crippen molar-refractivity contribution >= 4 is 29.1 Å². The van der Waals surface area contributed by atoms with Crippen molar-refractivity contribution in [2.24, 2.45) is 4.99 Å². The fourth-order valence-electron chi connectivity index (χ4n) is 3.53. The van der Waals surface area contributed by atoms with Crippen LogP contribution in [0.2, 0.25) is 0 Å². The fourth-order valence-corrected chi connectivity index (χ4v) is 3.53. The first-order valence-electron chi connectivity index (χ1n) is 10.6. The van der Waals surface area contributed by atoms with Gasteiger partial charge in [0.05, 0.1) is 5.69 Å². The summed E-state index contributed by atoms with van der Waals surface area (Å²) in [5.74, 6) is 2.16. The van der Waals surface area contributed by atoms with E-state index in [0.717, 1.165) is 39.4 Å². The molecule has 0 saturated heterocycles. The molecule has 0 unspecified atom stereocenters. The topological polar surface area (TPSA) is 56.9 Å². The summed E-state index contributed by atoms with van der Waals surface area (Å²) in [7, 11) is 0. The van der Waals surface area contributed by atoms with Gasteiger partial charge in [-0.3, -0.25) is 4.99 Å². The maximum absolute atomic E-state index is 5.96. The van der Waals surface area contributed by atoms with Crippen molar-refractivity contribution in [3.05, 3.63) is 77.9 Å². The van der Waals surface area contributed by atoms with Crippen molar-refractivity contribution < 1.29 is 13.9 Å². The Morgan fingerprint density at radius 1 is 0.906 bits per heavy atom. The zero-order valence-corrected chi connectivity index (χ0v) is 18.3. The molecule has 0 spiro atoms. The molecule has 1 aliphatic rings. The molecule has 1 aliphatic heterocycles. The van der Waals surface area contributed by atoms with Gasteiger partial charge in [0, 0.05) is 11.8 Å². The van der Waals surface area contributed by atoms with Crippen LogP contribution in [0, 0.1) is 0 Å².